The topological polar surface area (TPSA) is 82.1 Å². The van der Waals surface area contributed by atoms with E-state index in [1.54, 1.807) is 0 Å². The van der Waals surface area contributed by atoms with Crippen LogP contribution in [0.5, 0.6) is 11.5 Å². The summed E-state index contributed by atoms with van der Waals surface area (Å²) in [5, 5.41) is 9.88. The lowest BCUT2D eigenvalue weighted by Crippen LogP contribution is -2.41. The molecule has 0 radical (unpaired) electrons. The molecule has 0 spiro atoms. The number of carbonyl (C=O) groups excluding carboxylic acids is 2. The predicted molar refractivity (Wildman–Crippen MR) is 68.9 cm³/mol. The number of phenolic OH excluding ortho intramolecular Hbond substituents is 1. The van der Waals surface area contributed by atoms with E-state index in [1.165, 1.54) is 21.0 Å². The lowest BCUT2D eigenvalue weighted by molar-refractivity contribution is -0.222. The number of cyclic esters (lactones) is 2. The molecule has 0 amide bonds. The monoisotopic (exact) mass is 296 g/mol. The molecule has 1 aromatic rings. The van der Waals surface area contributed by atoms with Gasteiger partial charge in [0.15, 0.2) is 11.5 Å². The van der Waals surface area contributed by atoms with Crippen molar-refractivity contribution in [1.82, 2.24) is 0 Å². The minimum atomic E-state index is -1.37. The Labute approximate surface area is 119 Å². The molecular weight excluding hydrogens is 283 g/mol. The smallest absolute Gasteiger partial charge is 0.348 e. The molecule has 21 heavy (non-hydrogen) atoms. The van der Waals surface area contributed by atoms with E-state index in [1.807, 2.05) is 0 Å². The second-order valence-corrected chi connectivity index (χ2v) is 4.78. The molecule has 1 aromatic carbocycles. The van der Waals surface area contributed by atoms with Crippen LogP contribution in [0.25, 0.3) is 6.08 Å². The van der Waals surface area contributed by atoms with Crippen molar-refractivity contribution < 1.29 is 33.3 Å². The number of methoxy groups -OCH3 is 1. The maximum Gasteiger partial charge on any atom is 0.348 e. The number of esters is 2. The van der Waals surface area contributed by atoms with Crippen LogP contribution in [0.15, 0.2) is 17.7 Å². The van der Waals surface area contributed by atoms with Crippen molar-refractivity contribution >= 4 is 18.0 Å². The van der Waals surface area contributed by atoms with Crippen molar-refractivity contribution in [2.75, 3.05) is 7.11 Å². The molecule has 0 bridgehead atoms. The highest BCUT2D eigenvalue weighted by molar-refractivity contribution is 6.19. The van der Waals surface area contributed by atoms with Gasteiger partial charge in [0.25, 0.3) is 5.79 Å². The largest absolute Gasteiger partial charge is 0.504 e. The summed E-state index contributed by atoms with van der Waals surface area (Å²) in [5.74, 6) is -4.43. The van der Waals surface area contributed by atoms with Crippen LogP contribution >= 0.6 is 0 Å². The molecule has 7 heteroatoms. The summed E-state index contributed by atoms with van der Waals surface area (Å²) in [6.07, 6.45) is 0.987. The maximum absolute atomic E-state index is 13.4. The molecule has 1 aliphatic rings. The second-order valence-electron chi connectivity index (χ2n) is 4.78. The van der Waals surface area contributed by atoms with Gasteiger partial charge in [-0.1, -0.05) is 0 Å². The van der Waals surface area contributed by atoms with Gasteiger partial charge in [-0.2, -0.15) is 0 Å². The Morgan fingerprint density at radius 2 is 1.81 bits per heavy atom. The summed E-state index contributed by atoms with van der Waals surface area (Å²) in [7, 11) is 1.25. The first-order valence-corrected chi connectivity index (χ1v) is 5.98. The lowest BCUT2D eigenvalue weighted by Gasteiger charge is -2.29. The van der Waals surface area contributed by atoms with Crippen molar-refractivity contribution in [2.24, 2.45) is 0 Å². The summed E-state index contributed by atoms with van der Waals surface area (Å²) in [5.41, 5.74) is -0.548. The molecule has 0 unspecified atom stereocenters. The van der Waals surface area contributed by atoms with Gasteiger partial charge in [0.05, 0.1) is 7.11 Å². The number of phenols is 1. The summed E-state index contributed by atoms with van der Waals surface area (Å²) in [6.45, 7) is 2.81. The Bertz CT molecular complexity index is 625. The van der Waals surface area contributed by atoms with E-state index in [9.17, 15) is 19.1 Å². The molecule has 0 aromatic heterocycles. The molecule has 0 saturated carbocycles. The fraction of sp³-hybridized carbons (Fsp3) is 0.286. The summed E-state index contributed by atoms with van der Waals surface area (Å²) < 4.78 is 28.0. The number of carbonyl (C=O) groups is 2. The first kappa shape index (κ1) is 14.8. The zero-order valence-electron chi connectivity index (χ0n) is 11.6. The number of aromatic hydroxyl groups is 1. The molecule has 0 aliphatic carbocycles. The third-order valence-corrected chi connectivity index (χ3v) is 2.71. The van der Waals surface area contributed by atoms with E-state index in [4.69, 9.17) is 14.2 Å². The molecule has 1 N–H and O–H groups in total. The molecule has 2 rings (SSSR count). The SMILES string of the molecule is COc1cc(F)cc(C=C2C(=O)OC(C)(C)OC2=O)c1O. The predicted octanol–water partition coefficient (Wildman–Crippen LogP) is 1.76. The zero-order chi connectivity index (χ0) is 15.8. The minimum absolute atomic E-state index is 0.101. The summed E-state index contributed by atoms with van der Waals surface area (Å²) in [6, 6.07) is 1.92. The molecule has 6 nitrogen and oxygen atoms in total. The van der Waals surface area contributed by atoms with Crippen molar-refractivity contribution in [3.63, 3.8) is 0 Å². The number of hydrogen-bond donors (Lipinski definition) is 1. The average Bonchev–Trinajstić information content (AvgIpc) is 2.36. The lowest BCUT2D eigenvalue weighted by atomic mass is 10.1. The first-order valence-electron chi connectivity index (χ1n) is 5.98. The van der Waals surface area contributed by atoms with Gasteiger partial charge in [0.1, 0.15) is 11.4 Å². The minimum Gasteiger partial charge on any atom is -0.504 e. The van der Waals surface area contributed by atoms with Gasteiger partial charge in [-0.05, 0) is 12.1 Å². The van der Waals surface area contributed by atoms with E-state index in [0.29, 0.717) is 0 Å². The van der Waals surface area contributed by atoms with Crippen LogP contribution in [-0.2, 0) is 19.1 Å². The van der Waals surface area contributed by atoms with E-state index in [2.05, 4.69) is 0 Å². The normalized spacial score (nSPS) is 17.0. The quantitative estimate of drug-likeness (QED) is 0.509. The highest BCUT2D eigenvalue weighted by atomic mass is 19.1. The van der Waals surface area contributed by atoms with Gasteiger partial charge in [-0.15, -0.1) is 0 Å². The zero-order valence-corrected chi connectivity index (χ0v) is 11.6. The number of benzene rings is 1. The molecule has 0 atom stereocenters. The molecule has 1 aliphatic heterocycles. The Hall–Kier alpha value is -2.57. The molecule has 1 heterocycles. The van der Waals surface area contributed by atoms with Gasteiger partial charge in [0, 0.05) is 25.5 Å². The van der Waals surface area contributed by atoms with Crippen LogP contribution in [0.2, 0.25) is 0 Å². The first-order chi connectivity index (χ1) is 9.73. The maximum atomic E-state index is 13.4. The number of ether oxygens (including phenoxy) is 3. The molecule has 1 fully saturated rings. The standard InChI is InChI=1S/C14H13FO6/c1-14(2)20-12(17)9(13(18)21-14)5-7-4-8(15)6-10(19-3)11(7)16/h4-6,16H,1-3H3. The van der Waals surface area contributed by atoms with Crippen molar-refractivity contribution in [1.29, 1.82) is 0 Å². The Morgan fingerprint density at radius 1 is 1.24 bits per heavy atom. The van der Waals surface area contributed by atoms with Crippen LogP contribution < -0.4 is 4.74 Å². The Kier molecular flexibility index (Phi) is 3.59. The van der Waals surface area contributed by atoms with Crippen LogP contribution in [0, 0.1) is 5.82 Å². The van der Waals surface area contributed by atoms with Crippen LogP contribution in [0.1, 0.15) is 19.4 Å². The van der Waals surface area contributed by atoms with Crippen molar-refractivity contribution in [3.8, 4) is 11.5 Å². The summed E-state index contributed by atoms with van der Waals surface area (Å²) in [4.78, 5) is 23.6. The van der Waals surface area contributed by atoms with E-state index in [0.717, 1.165) is 18.2 Å². The van der Waals surface area contributed by atoms with Crippen LogP contribution in [0.3, 0.4) is 0 Å². The average molecular weight is 296 g/mol. The van der Waals surface area contributed by atoms with E-state index >= 15 is 0 Å². The van der Waals surface area contributed by atoms with Gasteiger partial charge < -0.3 is 19.3 Å². The van der Waals surface area contributed by atoms with Gasteiger partial charge >= 0.3 is 11.9 Å². The van der Waals surface area contributed by atoms with Crippen molar-refractivity contribution in [2.45, 2.75) is 19.6 Å². The third kappa shape index (κ3) is 2.96. The van der Waals surface area contributed by atoms with Crippen LogP contribution in [0.4, 0.5) is 4.39 Å². The molecule has 112 valence electrons. The second kappa shape index (κ2) is 5.08. The van der Waals surface area contributed by atoms with Gasteiger partial charge in [-0.25, -0.2) is 14.0 Å². The van der Waals surface area contributed by atoms with E-state index < -0.39 is 34.9 Å². The van der Waals surface area contributed by atoms with Gasteiger partial charge in [-0.3, -0.25) is 0 Å². The number of rotatable bonds is 2. The molecule has 1 saturated heterocycles. The Morgan fingerprint density at radius 3 is 2.33 bits per heavy atom. The fourth-order valence-corrected chi connectivity index (χ4v) is 1.79. The summed E-state index contributed by atoms with van der Waals surface area (Å²) >= 11 is 0. The highest BCUT2D eigenvalue weighted by Gasteiger charge is 2.39. The highest BCUT2D eigenvalue weighted by Crippen LogP contribution is 2.33. The fourth-order valence-electron chi connectivity index (χ4n) is 1.79. The number of hydrogen-bond acceptors (Lipinski definition) is 6. The third-order valence-electron chi connectivity index (χ3n) is 2.71. The van der Waals surface area contributed by atoms with Crippen LogP contribution in [-0.4, -0.2) is 29.9 Å². The number of halogens is 1. The molecular formula is C14H13FO6. The Balaban J connectivity index is 2.47. The van der Waals surface area contributed by atoms with Gasteiger partial charge in [0.2, 0.25) is 0 Å². The van der Waals surface area contributed by atoms with E-state index in [-0.39, 0.29) is 11.3 Å². The van der Waals surface area contributed by atoms with Crippen molar-refractivity contribution in [3.05, 3.63) is 29.1 Å².